The number of amides is 1. The van der Waals surface area contributed by atoms with Crippen LogP contribution in [0.4, 0.5) is 0 Å². The minimum atomic E-state index is -0.00931. The highest BCUT2D eigenvalue weighted by Crippen LogP contribution is 2.25. The van der Waals surface area contributed by atoms with Crippen LogP contribution in [0.2, 0.25) is 0 Å². The molecule has 1 N–H and O–H groups in total. The molecular weight excluding hydrogens is 240 g/mol. The molecule has 0 aromatic carbocycles. The molecule has 2 rings (SSSR count). The van der Waals surface area contributed by atoms with Crippen LogP contribution < -0.4 is 5.32 Å². The number of Topliss-reactive ketones (excluding diaryl/α,β-unsaturated/α-hetero) is 1. The lowest BCUT2D eigenvalue weighted by atomic mass is 10.0. The first-order valence-corrected chi connectivity index (χ1v) is 7.71. The van der Waals surface area contributed by atoms with Crippen LogP contribution in [0.5, 0.6) is 0 Å². The Morgan fingerprint density at radius 1 is 1.21 bits per heavy atom. The number of carbonyl (C=O) groups excluding carboxylic acids is 2. The summed E-state index contributed by atoms with van der Waals surface area (Å²) < 4.78 is 0. The standard InChI is InChI=1S/C15H26N2O2/c1-12(18)11-13-7-3-2-6-10-17(13)14-8-4-5-9-16-15(14)19/h13-14H,2-11H2,1H3,(H,16,19). The van der Waals surface area contributed by atoms with Gasteiger partial charge in [0.2, 0.25) is 5.91 Å². The van der Waals surface area contributed by atoms with Gasteiger partial charge in [-0.15, -0.1) is 0 Å². The molecule has 2 saturated heterocycles. The van der Waals surface area contributed by atoms with Crippen molar-refractivity contribution in [3.8, 4) is 0 Å². The van der Waals surface area contributed by atoms with Crippen LogP contribution in [0, 0.1) is 0 Å². The van der Waals surface area contributed by atoms with E-state index in [4.69, 9.17) is 0 Å². The molecule has 108 valence electrons. The summed E-state index contributed by atoms with van der Waals surface area (Å²) >= 11 is 0. The average Bonchev–Trinajstić information content (AvgIpc) is 2.69. The molecule has 0 aromatic rings. The summed E-state index contributed by atoms with van der Waals surface area (Å²) in [7, 11) is 0. The van der Waals surface area contributed by atoms with Crippen LogP contribution in [0.3, 0.4) is 0 Å². The predicted molar refractivity (Wildman–Crippen MR) is 74.9 cm³/mol. The Kier molecular flexibility index (Phi) is 5.37. The van der Waals surface area contributed by atoms with Crippen molar-refractivity contribution < 1.29 is 9.59 Å². The molecule has 2 unspecified atom stereocenters. The minimum absolute atomic E-state index is 0.00931. The second-order valence-corrected chi connectivity index (χ2v) is 5.95. The third-order valence-electron chi connectivity index (χ3n) is 4.35. The lowest BCUT2D eigenvalue weighted by Gasteiger charge is -2.35. The molecule has 0 saturated carbocycles. The maximum atomic E-state index is 12.2. The van der Waals surface area contributed by atoms with Crippen LogP contribution in [-0.2, 0) is 9.59 Å². The van der Waals surface area contributed by atoms with Gasteiger partial charge in [-0.3, -0.25) is 14.5 Å². The highest BCUT2D eigenvalue weighted by atomic mass is 16.2. The van der Waals surface area contributed by atoms with E-state index >= 15 is 0 Å². The zero-order valence-electron chi connectivity index (χ0n) is 12.0. The van der Waals surface area contributed by atoms with E-state index in [1.54, 1.807) is 6.92 Å². The first-order chi connectivity index (χ1) is 9.18. The van der Waals surface area contributed by atoms with E-state index in [1.165, 1.54) is 12.8 Å². The maximum Gasteiger partial charge on any atom is 0.237 e. The highest BCUT2D eigenvalue weighted by molar-refractivity contribution is 5.82. The van der Waals surface area contributed by atoms with Crippen molar-refractivity contribution in [1.82, 2.24) is 10.2 Å². The Bertz CT molecular complexity index is 330. The molecule has 2 atom stereocenters. The van der Waals surface area contributed by atoms with E-state index in [-0.39, 0.29) is 23.8 Å². The van der Waals surface area contributed by atoms with Gasteiger partial charge in [0, 0.05) is 19.0 Å². The fourth-order valence-corrected chi connectivity index (χ4v) is 3.40. The Morgan fingerprint density at radius 2 is 2.00 bits per heavy atom. The first kappa shape index (κ1) is 14.5. The number of nitrogens with one attached hydrogen (secondary N) is 1. The third kappa shape index (κ3) is 4.03. The minimum Gasteiger partial charge on any atom is -0.355 e. The predicted octanol–water partition coefficient (Wildman–Crippen LogP) is 1.88. The zero-order chi connectivity index (χ0) is 13.7. The molecule has 2 fully saturated rings. The summed E-state index contributed by atoms with van der Waals surface area (Å²) in [6, 6.07) is 0.263. The molecular formula is C15H26N2O2. The monoisotopic (exact) mass is 266 g/mol. The van der Waals surface area contributed by atoms with Gasteiger partial charge in [0.05, 0.1) is 6.04 Å². The largest absolute Gasteiger partial charge is 0.355 e. The summed E-state index contributed by atoms with van der Waals surface area (Å²) in [6.45, 7) is 3.44. The lowest BCUT2D eigenvalue weighted by Crippen LogP contribution is -2.50. The van der Waals surface area contributed by atoms with Crippen molar-refractivity contribution in [2.45, 2.75) is 70.4 Å². The Morgan fingerprint density at radius 3 is 2.79 bits per heavy atom. The van der Waals surface area contributed by atoms with E-state index in [2.05, 4.69) is 10.2 Å². The Balaban J connectivity index is 2.10. The van der Waals surface area contributed by atoms with Crippen molar-refractivity contribution >= 4 is 11.7 Å². The molecule has 0 aliphatic carbocycles. The molecule has 4 heteroatoms. The topological polar surface area (TPSA) is 49.4 Å². The molecule has 2 heterocycles. The fourth-order valence-electron chi connectivity index (χ4n) is 3.40. The first-order valence-electron chi connectivity index (χ1n) is 7.71. The number of likely N-dealkylation sites (tertiary alicyclic amines) is 1. The fraction of sp³-hybridized carbons (Fsp3) is 0.867. The van der Waals surface area contributed by atoms with Gasteiger partial charge in [0.15, 0.2) is 0 Å². The van der Waals surface area contributed by atoms with Gasteiger partial charge in [-0.2, -0.15) is 0 Å². The van der Waals surface area contributed by atoms with Gasteiger partial charge >= 0.3 is 0 Å². The molecule has 19 heavy (non-hydrogen) atoms. The van der Waals surface area contributed by atoms with Gasteiger partial charge in [0.1, 0.15) is 5.78 Å². The Hall–Kier alpha value is -0.900. The molecule has 2 aliphatic rings. The summed E-state index contributed by atoms with van der Waals surface area (Å²) in [5.41, 5.74) is 0. The lowest BCUT2D eigenvalue weighted by molar-refractivity contribution is -0.128. The van der Waals surface area contributed by atoms with Crippen LogP contribution >= 0.6 is 0 Å². The van der Waals surface area contributed by atoms with E-state index in [0.29, 0.717) is 6.42 Å². The van der Waals surface area contributed by atoms with Crippen molar-refractivity contribution in [3.05, 3.63) is 0 Å². The second-order valence-electron chi connectivity index (χ2n) is 5.95. The molecule has 4 nitrogen and oxygen atoms in total. The quantitative estimate of drug-likeness (QED) is 0.848. The molecule has 0 radical (unpaired) electrons. The molecule has 0 aromatic heterocycles. The summed E-state index contributed by atoms with van der Waals surface area (Å²) in [4.78, 5) is 26.0. The smallest absolute Gasteiger partial charge is 0.237 e. The van der Waals surface area contributed by atoms with E-state index in [0.717, 1.165) is 45.2 Å². The van der Waals surface area contributed by atoms with Crippen LogP contribution in [-0.4, -0.2) is 41.8 Å². The van der Waals surface area contributed by atoms with Gasteiger partial charge in [-0.05, 0) is 45.6 Å². The van der Waals surface area contributed by atoms with Crippen LogP contribution in [0.1, 0.15) is 58.3 Å². The summed E-state index contributed by atoms with van der Waals surface area (Å²) in [5, 5.41) is 3.02. The normalized spacial score (nSPS) is 30.3. The molecule has 2 aliphatic heterocycles. The number of carbonyl (C=O) groups is 2. The number of hydrogen-bond acceptors (Lipinski definition) is 3. The molecule has 0 bridgehead atoms. The van der Waals surface area contributed by atoms with Crippen molar-refractivity contribution in [2.75, 3.05) is 13.1 Å². The Labute approximate surface area is 115 Å². The second kappa shape index (κ2) is 7.04. The summed E-state index contributed by atoms with van der Waals surface area (Å²) in [6.07, 6.45) is 8.34. The van der Waals surface area contributed by atoms with Crippen LogP contribution in [0.15, 0.2) is 0 Å². The van der Waals surface area contributed by atoms with Crippen molar-refractivity contribution in [3.63, 3.8) is 0 Å². The summed E-state index contributed by atoms with van der Waals surface area (Å²) in [5.74, 6) is 0.416. The third-order valence-corrected chi connectivity index (χ3v) is 4.35. The molecule has 1 amide bonds. The van der Waals surface area contributed by atoms with Gasteiger partial charge in [-0.1, -0.05) is 12.8 Å². The maximum absolute atomic E-state index is 12.2. The van der Waals surface area contributed by atoms with E-state index in [9.17, 15) is 9.59 Å². The van der Waals surface area contributed by atoms with E-state index in [1.807, 2.05) is 0 Å². The number of rotatable bonds is 3. The van der Waals surface area contributed by atoms with Gasteiger partial charge in [-0.25, -0.2) is 0 Å². The van der Waals surface area contributed by atoms with Gasteiger partial charge < -0.3 is 5.32 Å². The van der Waals surface area contributed by atoms with Crippen molar-refractivity contribution in [2.24, 2.45) is 0 Å². The van der Waals surface area contributed by atoms with E-state index < -0.39 is 0 Å². The SMILES string of the molecule is CC(=O)CC1CCCCCN1C1CCCCNC1=O. The van der Waals surface area contributed by atoms with Crippen molar-refractivity contribution in [1.29, 1.82) is 0 Å². The van der Waals surface area contributed by atoms with Gasteiger partial charge in [0.25, 0.3) is 0 Å². The van der Waals surface area contributed by atoms with Crippen LogP contribution in [0.25, 0.3) is 0 Å². The number of hydrogen-bond donors (Lipinski definition) is 1. The average molecular weight is 266 g/mol. The number of ketones is 1. The zero-order valence-corrected chi connectivity index (χ0v) is 12.0. The number of nitrogens with zero attached hydrogens (tertiary/aromatic N) is 1. The molecule has 0 spiro atoms. The highest BCUT2D eigenvalue weighted by Gasteiger charge is 2.33.